The van der Waals surface area contributed by atoms with Crippen LogP contribution >= 0.6 is 0 Å². The van der Waals surface area contributed by atoms with E-state index in [1.165, 1.54) is 24.3 Å². The minimum Gasteiger partial charge on any atom is -0.478 e. The summed E-state index contributed by atoms with van der Waals surface area (Å²) in [6.07, 6.45) is 5.45. The summed E-state index contributed by atoms with van der Waals surface area (Å²) in [7, 11) is 0. The van der Waals surface area contributed by atoms with Gasteiger partial charge >= 0.3 is 5.97 Å². The molecule has 5 aromatic carbocycles. The molecule has 4 amide bonds. The lowest BCUT2D eigenvalue weighted by atomic mass is 9.92. The van der Waals surface area contributed by atoms with E-state index < -0.39 is 16.8 Å². The second kappa shape index (κ2) is 51.1. The number of carboxylic acid groups (broad SMARTS) is 1. The number of hydrogen-bond donors (Lipinski definition) is 8. The maximum atomic E-state index is 12.8. The van der Waals surface area contributed by atoms with E-state index in [4.69, 9.17) is 65.9 Å². The summed E-state index contributed by atoms with van der Waals surface area (Å²) in [6.45, 7) is 6.82. The average molecular weight is 1390 g/mol. The van der Waals surface area contributed by atoms with Crippen molar-refractivity contribution < 1.29 is 101 Å². The van der Waals surface area contributed by atoms with Gasteiger partial charge in [-0.15, -0.1) is 0 Å². The number of amides is 4. The number of rotatable bonds is 48. The van der Waals surface area contributed by atoms with Gasteiger partial charge in [0, 0.05) is 128 Å². The summed E-state index contributed by atoms with van der Waals surface area (Å²) in [4.78, 5) is 136. The van der Waals surface area contributed by atoms with Crippen LogP contribution in [0.15, 0.2) is 121 Å². The van der Waals surface area contributed by atoms with Crippen molar-refractivity contribution >= 4 is 72.6 Å². The third kappa shape index (κ3) is 35.1. The molecule has 0 saturated carbocycles. The van der Waals surface area contributed by atoms with Gasteiger partial charge in [0.25, 0.3) is 11.8 Å². The van der Waals surface area contributed by atoms with Crippen LogP contribution in [0.4, 0.5) is 0 Å². The molecular weight excluding hydrogens is 1300 g/mol. The highest BCUT2D eigenvalue weighted by molar-refractivity contribution is 6.02. The molecule has 0 aliphatic carbocycles. The highest BCUT2D eigenvalue weighted by atomic mass is 16.5. The number of aromatic carboxylic acids is 1. The quantitative estimate of drug-likeness (QED) is 0.0118. The molecule has 12 N–H and O–H groups in total. The molecule has 0 atom stereocenters. The molecule has 0 bridgehead atoms. The Kier molecular flexibility index (Phi) is 43.5. The average Bonchev–Trinajstić information content (AvgIpc) is 0.946. The Morgan fingerprint density at radius 3 is 0.840 bits per heavy atom. The second-order valence-corrected chi connectivity index (χ2v) is 22.6. The monoisotopic (exact) mass is 1390 g/mol. The van der Waals surface area contributed by atoms with Crippen molar-refractivity contribution in [3.8, 4) is 0 Å². The molecule has 0 unspecified atom stereocenters. The first kappa shape index (κ1) is 85.1. The molecular formula is C72H93N7O21. The van der Waals surface area contributed by atoms with Crippen LogP contribution in [-0.4, -0.2) is 223 Å². The van der Waals surface area contributed by atoms with E-state index in [-0.39, 0.29) is 120 Å². The lowest BCUT2D eigenvalue weighted by Crippen LogP contribution is -2.43. The predicted octanol–water partition coefficient (Wildman–Crippen LogP) is 3.97. The molecule has 6 rings (SSSR count). The van der Waals surface area contributed by atoms with E-state index >= 15 is 0 Å². The molecule has 1 heterocycles. The zero-order chi connectivity index (χ0) is 73.1. The van der Waals surface area contributed by atoms with Crippen molar-refractivity contribution in [1.29, 1.82) is 0 Å². The van der Waals surface area contributed by atoms with Crippen molar-refractivity contribution in [3.05, 3.63) is 177 Å². The number of ketones is 2. The van der Waals surface area contributed by atoms with Crippen LogP contribution in [0.25, 0.3) is 0 Å². The second-order valence-electron chi connectivity index (χ2n) is 22.6. The highest BCUT2D eigenvalue weighted by Gasteiger charge is 2.34. The Bertz CT molecular complexity index is 2900. The minimum atomic E-state index is -0.984. The fraction of sp³-hybridized carbons (Fsp3) is 0.417. The maximum Gasteiger partial charge on any atom is 0.335 e. The van der Waals surface area contributed by atoms with Crippen LogP contribution in [0, 0.1) is 10.8 Å². The molecule has 28 heteroatoms. The minimum absolute atomic E-state index is 0.0658. The summed E-state index contributed by atoms with van der Waals surface area (Å²) >= 11 is 0. The number of carbonyl (C=O) groups excluding carboxylic acids is 11. The Balaban J connectivity index is 0.000000534. The third-order valence-electron chi connectivity index (χ3n) is 14.3. The number of carbonyl (C=O) groups is 12. The van der Waals surface area contributed by atoms with E-state index in [9.17, 15) is 57.5 Å². The van der Waals surface area contributed by atoms with Gasteiger partial charge in [0.05, 0.1) is 109 Å². The zero-order valence-electron chi connectivity index (χ0n) is 56.2. The molecule has 0 spiro atoms. The number of Topliss-reactive ketones (excluding diaryl/α,β-unsaturated/α-hetero) is 2. The van der Waals surface area contributed by atoms with E-state index in [1.807, 2.05) is 0 Å². The summed E-state index contributed by atoms with van der Waals surface area (Å²) in [5.74, 6) is -2.16. The number of imide groups is 1. The van der Waals surface area contributed by atoms with E-state index in [0.717, 1.165) is 0 Å². The number of aldehydes is 5. The Morgan fingerprint density at radius 1 is 0.370 bits per heavy atom. The number of hydrogen-bond acceptors (Lipinski definition) is 24. The highest BCUT2D eigenvalue weighted by Crippen LogP contribution is 2.23. The van der Waals surface area contributed by atoms with Gasteiger partial charge in [-0.3, -0.25) is 58.1 Å². The van der Waals surface area contributed by atoms with Gasteiger partial charge in [-0.05, 0) is 49.2 Å². The van der Waals surface area contributed by atoms with Crippen molar-refractivity contribution in [3.63, 3.8) is 0 Å². The van der Waals surface area contributed by atoms with Gasteiger partial charge in [0.2, 0.25) is 11.8 Å². The van der Waals surface area contributed by atoms with Crippen molar-refractivity contribution in [2.45, 2.75) is 38.5 Å². The molecule has 1 aliphatic heterocycles. The molecule has 0 aromatic heterocycles. The van der Waals surface area contributed by atoms with Gasteiger partial charge in [0.15, 0.2) is 11.6 Å². The molecule has 1 saturated heterocycles. The summed E-state index contributed by atoms with van der Waals surface area (Å²) in [6, 6.07) is 30.9. The zero-order valence-corrected chi connectivity index (χ0v) is 56.2. The van der Waals surface area contributed by atoms with Gasteiger partial charge in [-0.2, -0.15) is 0 Å². The third-order valence-corrected chi connectivity index (χ3v) is 14.3. The first-order valence-electron chi connectivity index (χ1n) is 32.3. The largest absolute Gasteiger partial charge is 0.478 e. The van der Waals surface area contributed by atoms with Crippen molar-refractivity contribution in [1.82, 2.24) is 16.0 Å². The summed E-state index contributed by atoms with van der Waals surface area (Å²) in [5, 5.41) is 16.2. The van der Waals surface area contributed by atoms with E-state index in [0.29, 0.717) is 186 Å². The molecule has 0 radical (unpaired) electrons. The van der Waals surface area contributed by atoms with Crippen LogP contribution in [0.2, 0.25) is 0 Å². The maximum absolute atomic E-state index is 12.8. The van der Waals surface area contributed by atoms with Gasteiger partial charge in [-0.25, -0.2) is 4.79 Å². The Morgan fingerprint density at radius 2 is 0.610 bits per heavy atom. The first-order valence-corrected chi connectivity index (χ1v) is 32.3. The number of benzene rings is 5. The van der Waals surface area contributed by atoms with Crippen molar-refractivity contribution in [2.75, 3.05) is 145 Å². The van der Waals surface area contributed by atoms with Crippen LogP contribution in [0.3, 0.4) is 0 Å². The molecule has 100 heavy (non-hydrogen) atoms. The molecule has 1 fully saturated rings. The Labute approximate surface area is 581 Å². The molecule has 28 nitrogen and oxygen atoms in total. The van der Waals surface area contributed by atoms with Gasteiger partial charge in [-0.1, -0.05) is 84.9 Å². The smallest absolute Gasteiger partial charge is 0.335 e. The SMILES string of the molecule is NCCOCC(COCCN)(COCCN)COCCN.O=C1CCC(=O)N1.O=Cc1ccc(C(=O)CCCOCC(COCCCC(=O)c2ccc(C=O)cc2)(COCCNC(=O)c2ccc(C=O)cc2)COCCNC(=O)c2ccc(C=O)cc2)cc1.O=Cc1ccc(C(=O)O)cc1. The van der Waals surface area contributed by atoms with Crippen LogP contribution < -0.4 is 38.9 Å². The standard InChI is InChI=1S/C47H50N2O12.C13H32N4O4.C8H6O3.C4H5NO2/c50-27-35-5-13-39(14-6-35)43(54)3-1-23-58-31-47(32-59-24-2-4-44(55)40-15-7-36(28-51)8-16-40,33-60-25-21-48-45(56)41-17-9-37(29-52)10-18-41)34-61-26-22-49-46(57)42-19-11-38(30-53)12-20-42;14-1-5-18-9-13(10-19-6-2-15,11-20-7-3-16)12-21-8-4-17;9-5-6-1-3-7(4-2-6)8(10)11;6-3-1-2-4(7)5-3/h5-20,27-30H,1-4,21-26,31-34H2,(H,48,56)(H,49,57);1-12,14-17H2;1-5H,(H,10,11);1-2H2,(H,5,6,7). The normalized spacial score (nSPS) is 11.6. The lowest BCUT2D eigenvalue weighted by molar-refractivity contribution is -0.124. The van der Waals surface area contributed by atoms with Gasteiger partial charge in [0.1, 0.15) is 31.4 Å². The predicted molar refractivity (Wildman–Crippen MR) is 368 cm³/mol. The number of carboxylic acids is 1. The lowest BCUT2D eigenvalue weighted by Gasteiger charge is -2.33. The van der Waals surface area contributed by atoms with E-state index in [2.05, 4.69) is 16.0 Å². The molecule has 5 aromatic rings. The fourth-order valence-corrected chi connectivity index (χ4v) is 8.91. The Hall–Kier alpha value is -9.14. The fourth-order valence-electron chi connectivity index (χ4n) is 8.91. The van der Waals surface area contributed by atoms with Crippen molar-refractivity contribution in [2.24, 2.45) is 33.8 Å². The number of nitrogens with one attached hydrogen (secondary N) is 3. The van der Waals surface area contributed by atoms with Crippen LogP contribution in [-0.2, 0) is 47.5 Å². The van der Waals surface area contributed by atoms with Crippen LogP contribution in [0.5, 0.6) is 0 Å². The summed E-state index contributed by atoms with van der Waals surface area (Å²) in [5.41, 5.74) is 24.8. The van der Waals surface area contributed by atoms with Crippen LogP contribution in [0.1, 0.15) is 142 Å². The topological polar surface area (TPSA) is 439 Å². The number of ether oxygens (including phenoxy) is 8. The van der Waals surface area contributed by atoms with E-state index in [1.54, 1.807) is 97.1 Å². The summed E-state index contributed by atoms with van der Waals surface area (Å²) < 4.78 is 46.8. The number of nitrogens with two attached hydrogens (primary N) is 4. The molecule has 1 aliphatic rings. The first-order chi connectivity index (χ1) is 48.5. The van der Waals surface area contributed by atoms with Gasteiger partial charge < -0.3 is 76.6 Å². The molecule has 542 valence electrons.